The Morgan fingerprint density at radius 2 is 2.14 bits per heavy atom. The van der Waals surface area contributed by atoms with Gasteiger partial charge in [0.2, 0.25) is 15.8 Å². The van der Waals surface area contributed by atoms with Crippen LogP contribution >= 0.6 is 0 Å². The fourth-order valence-corrected chi connectivity index (χ4v) is 3.85. The van der Waals surface area contributed by atoms with Crippen LogP contribution < -0.4 is 10.0 Å². The number of rotatable bonds is 6. The average Bonchev–Trinajstić information content (AvgIpc) is 3.01. The zero-order chi connectivity index (χ0) is 15.7. The third kappa shape index (κ3) is 3.86. The van der Waals surface area contributed by atoms with E-state index in [0.29, 0.717) is 12.5 Å². The number of sulfonamides is 1. The maximum atomic E-state index is 12.1. The van der Waals surface area contributed by atoms with Gasteiger partial charge >= 0.3 is 0 Å². The highest BCUT2D eigenvalue weighted by Gasteiger charge is 2.31. The van der Waals surface area contributed by atoms with E-state index in [1.807, 2.05) is 0 Å². The van der Waals surface area contributed by atoms with Crippen molar-refractivity contribution in [3.63, 3.8) is 0 Å². The number of hydrogen-bond donors (Lipinski definition) is 2. The molecule has 0 bridgehead atoms. The highest BCUT2D eigenvalue weighted by atomic mass is 32.2. The molecule has 1 aromatic rings. The summed E-state index contributed by atoms with van der Waals surface area (Å²) in [6, 6.07) is 1.60. The van der Waals surface area contributed by atoms with E-state index in [9.17, 15) is 13.2 Å². The van der Waals surface area contributed by atoms with Crippen LogP contribution in [0.3, 0.4) is 0 Å². The van der Waals surface area contributed by atoms with Crippen LogP contribution in [0.5, 0.6) is 0 Å². The molecular weight excluding hydrogens is 306 g/mol. The fourth-order valence-electron chi connectivity index (χ4n) is 2.99. The minimum absolute atomic E-state index is 0.105. The first-order valence-corrected chi connectivity index (χ1v) is 9.53. The van der Waals surface area contributed by atoms with Gasteiger partial charge in [-0.1, -0.05) is 11.6 Å². The van der Waals surface area contributed by atoms with E-state index in [4.69, 9.17) is 4.52 Å². The van der Waals surface area contributed by atoms with Gasteiger partial charge in [0.05, 0.1) is 11.9 Å². The smallest absolute Gasteiger partial charge is 0.289 e. The maximum absolute atomic E-state index is 12.1. The number of carbonyl (C=O) groups excluding carboxylic acids is 1. The van der Waals surface area contributed by atoms with Gasteiger partial charge in [-0.15, -0.1) is 0 Å². The molecule has 122 valence electrons. The minimum atomic E-state index is -3.22. The number of amides is 1. The molecule has 0 spiro atoms. The standard InChI is InChI=1S/C14H21N3O4S/c1-22(19,20)17-11-4-2-3-10(11)8-15-14(18)13-7-12(16-21-13)9-5-6-9/h7,9-11,17H,2-6,8H2,1H3,(H,15,18). The van der Waals surface area contributed by atoms with Crippen LogP contribution in [0.2, 0.25) is 0 Å². The van der Waals surface area contributed by atoms with Crippen LogP contribution in [0.4, 0.5) is 0 Å². The summed E-state index contributed by atoms with van der Waals surface area (Å²) in [6.45, 7) is 0.436. The Bertz CT molecular complexity index is 651. The van der Waals surface area contributed by atoms with Crippen molar-refractivity contribution in [2.45, 2.75) is 44.1 Å². The second-order valence-electron chi connectivity index (χ2n) is 6.29. The molecule has 0 radical (unpaired) electrons. The van der Waals surface area contributed by atoms with E-state index in [-0.39, 0.29) is 23.6 Å². The zero-order valence-electron chi connectivity index (χ0n) is 12.5. The Morgan fingerprint density at radius 3 is 2.82 bits per heavy atom. The largest absolute Gasteiger partial charge is 0.351 e. The number of nitrogens with zero attached hydrogens (tertiary/aromatic N) is 1. The molecule has 2 unspecified atom stereocenters. The van der Waals surface area contributed by atoms with Crippen molar-refractivity contribution in [1.29, 1.82) is 0 Å². The van der Waals surface area contributed by atoms with E-state index in [1.54, 1.807) is 6.07 Å². The lowest BCUT2D eigenvalue weighted by atomic mass is 10.0. The number of aromatic nitrogens is 1. The van der Waals surface area contributed by atoms with Gasteiger partial charge in [0.15, 0.2) is 0 Å². The van der Waals surface area contributed by atoms with Crippen molar-refractivity contribution in [2.24, 2.45) is 5.92 Å². The molecule has 2 saturated carbocycles. The highest BCUT2D eigenvalue weighted by Crippen LogP contribution is 2.39. The quantitative estimate of drug-likeness (QED) is 0.811. The Kier molecular flexibility index (Phi) is 4.22. The van der Waals surface area contributed by atoms with E-state index >= 15 is 0 Å². The van der Waals surface area contributed by atoms with Gasteiger partial charge in [0, 0.05) is 24.6 Å². The van der Waals surface area contributed by atoms with E-state index in [2.05, 4.69) is 15.2 Å². The molecule has 7 nitrogen and oxygen atoms in total. The SMILES string of the molecule is CS(=O)(=O)NC1CCCC1CNC(=O)c1cc(C2CC2)no1. The topological polar surface area (TPSA) is 101 Å². The summed E-state index contributed by atoms with van der Waals surface area (Å²) in [6.07, 6.45) is 6.04. The maximum Gasteiger partial charge on any atom is 0.289 e. The summed E-state index contributed by atoms with van der Waals surface area (Å²) >= 11 is 0. The van der Waals surface area contributed by atoms with Crippen molar-refractivity contribution in [3.05, 3.63) is 17.5 Å². The lowest BCUT2D eigenvalue weighted by Gasteiger charge is -2.19. The molecule has 0 aliphatic heterocycles. The number of nitrogens with one attached hydrogen (secondary N) is 2. The third-order valence-corrected chi connectivity index (χ3v) is 5.03. The van der Waals surface area contributed by atoms with Crippen molar-refractivity contribution in [1.82, 2.24) is 15.2 Å². The average molecular weight is 327 g/mol. The van der Waals surface area contributed by atoms with Crippen LogP contribution in [-0.4, -0.2) is 38.3 Å². The van der Waals surface area contributed by atoms with Gasteiger partial charge in [-0.3, -0.25) is 4.79 Å². The number of carbonyl (C=O) groups is 1. The van der Waals surface area contributed by atoms with Gasteiger partial charge in [-0.05, 0) is 31.6 Å². The zero-order valence-corrected chi connectivity index (χ0v) is 13.4. The van der Waals surface area contributed by atoms with Crippen molar-refractivity contribution >= 4 is 15.9 Å². The van der Waals surface area contributed by atoms with E-state index < -0.39 is 10.0 Å². The predicted molar refractivity (Wildman–Crippen MR) is 79.9 cm³/mol. The third-order valence-electron chi connectivity index (χ3n) is 4.30. The monoisotopic (exact) mass is 327 g/mol. The van der Waals surface area contributed by atoms with E-state index in [0.717, 1.165) is 44.1 Å². The normalized spacial score (nSPS) is 25.3. The fraction of sp³-hybridized carbons (Fsp3) is 0.714. The summed E-state index contributed by atoms with van der Waals surface area (Å²) < 4.78 is 30.4. The summed E-state index contributed by atoms with van der Waals surface area (Å²) in [5, 5.41) is 6.74. The van der Waals surface area contributed by atoms with Gasteiger partial charge in [-0.25, -0.2) is 13.1 Å². The van der Waals surface area contributed by atoms with Crippen LogP contribution in [-0.2, 0) is 10.0 Å². The van der Waals surface area contributed by atoms with Crippen LogP contribution in [0.1, 0.15) is 54.3 Å². The van der Waals surface area contributed by atoms with Crippen molar-refractivity contribution in [2.75, 3.05) is 12.8 Å². The van der Waals surface area contributed by atoms with Crippen LogP contribution in [0.25, 0.3) is 0 Å². The van der Waals surface area contributed by atoms with Gasteiger partial charge in [0.1, 0.15) is 0 Å². The molecule has 8 heteroatoms. The highest BCUT2D eigenvalue weighted by molar-refractivity contribution is 7.88. The molecule has 2 aliphatic carbocycles. The Morgan fingerprint density at radius 1 is 1.36 bits per heavy atom. The summed E-state index contributed by atoms with van der Waals surface area (Å²) in [5.74, 6) is 0.505. The summed E-state index contributed by atoms with van der Waals surface area (Å²) in [5.41, 5.74) is 0.850. The first-order valence-electron chi connectivity index (χ1n) is 7.64. The lowest BCUT2D eigenvalue weighted by molar-refractivity contribution is 0.0909. The number of hydrogen-bond acceptors (Lipinski definition) is 5. The Hall–Kier alpha value is -1.41. The summed E-state index contributed by atoms with van der Waals surface area (Å²) in [7, 11) is -3.22. The molecule has 2 fully saturated rings. The molecular formula is C14H21N3O4S. The molecule has 0 aromatic carbocycles. The molecule has 1 amide bonds. The molecule has 1 aromatic heterocycles. The van der Waals surface area contributed by atoms with Gasteiger partial charge in [-0.2, -0.15) is 0 Å². The van der Waals surface area contributed by atoms with Crippen molar-refractivity contribution < 1.29 is 17.7 Å². The molecule has 0 saturated heterocycles. The Balaban J connectivity index is 1.53. The van der Waals surface area contributed by atoms with Crippen LogP contribution in [0.15, 0.2) is 10.6 Å². The second kappa shape index (κ2) is 6.00. The van der Waals surface area contributed by atoms with Gasteiger partial charge in [0.25, 0.3) is 5.91 Å². The molecule has 3 rings (SSSR count). The molecule has 2 aliphatic rings. The molecule has 22 heavy (non-hydrogen) atoms. The second-order valence-corrected chi connectivity index (χ2v) is 8.07. The van der Waals surface area contributed by atoms with Crippen molar-refractivity contribution in [3.8, 4) is 0 Å². The first-order chi connectivity index (χ1) is 10.4. The first kappa shape index (κ1) is 15.5. The van der Waals surface area contributed by atoms with Gasteiger partial charge < -0.3 is 9.84 Å². The summed E-state index contributed by atoms with van der Waals surface area (Å²) in [4.78, 5) is 12.1. The molecule has 1 heterocycles. The predicted octanol–water partition coefficient (Wildman–Crippen LogP) is 1.000. The van der Waals surface area contributed by atoms with Crippen LogP contribution in [0, 0.1) is 5.92 Å². The Labute approximate surface area is 129 Å². The molecule has 2 N–H and O–H groups in total. The lowest BCUT2D eigenvalue weighted by Crippen LogP contribution is -2.41. The minimum Gasteiger partial charge on any atom is -0.351 e. The van der Waals surface area contributed by atoms with E-state index in [1.165, 1.54) is 0 Å². The molecule has 2 atom stereocenters.